The summed E-state index contributed by atoms with van der Waals surface area (Å²) in [6.07, 6.45) is 2.58. The Hall–Kier alpha value is -1.38. The van der Waals surface area contributed by atoms with E-state index in [-0.39, 0.29) is 24.8 Å². The summed E-state index contributed by atoms with van der Waals surface area (Å²) in [5, 5.41) is 2.62. The Balaban J connectivity index is 2.44. The molecular formula is C12H21N3O4S. The second kappa shape index (κ2) is 7.41. The first-order valence-electron chi connectivity index (χ1n) is 6.22. The number of nitrogens with one attached hydrogen (secondary N) is 1. The van der Waals surface area contributed by atoms with Crippen LogP contribution in [0.4, 0.5) is 0 Å². The van der Waals surface area contributed by atoms with Gasteiger partial charge in [0.15, 0.2) is 5.76 Å². The molecule has 1 N–H and O–H groups in total. The van der Waals surface area contributed by atoms with E-state index >= 15 is 0 Å². The molecule has 1 amide bonds. The molecule has 0 aliphatic heterocycles. The molecule has 7 nitrogen and oxygen atoms in total. The minimum Gasteiger partial charge on any atom is -0.459 e. The Morgan fingerprint density at radius 2 is 2.00 bits per heavy atom. The van der Waals surface area contributed by atoms with Crippen LogP contribution in [0.3, 0.4) is 0 Å². The highest BCUT2D eigenvalue weighted by molar-refractivity contribution is 7.88. The van der Waals surface area contributed by atoms with Gasteiger partial charge in [0.1, 0.15) is 0 Å². The summed E-state index contributed by atoms with van der Waals surface area (Å²) in [4.78, 5) is 13.5. The van der Waals surface area contributed by atoms with Crippen molar-refractivity contribution in [2.75, 3.05) is 46.5 Å². The van der Waals surface area contributed by atoms with E-state index in [2.05, 4.69) is 5.32 Å². The van der Waals surface area contributed by atoms with Crippen molar-refractivity contribution in [3.05, 3.63) is 24.2 Å². The molecule has 0 radical (unpaired) electrons. The molecule has 0 unspecified atom stereocenters. The van der Waals surface area contributed by atoms with Gasteiger partial charge in [0.25, 0.3) is 5.91 Å². The predicted octanol–water partition coefficient (Wildman–Crippen LogP) is -0.167. The summed E-state index contributed by atoms with van der Waals surface area (Å²) < 4.78 is 29.5. The highest BCUT2D eigenvalue weighted by Crippen LogP contribution is 2.00. The number of rotatable bonds is 8. The Bertz CT molecular complexity index is 511. The fourth-order valence-electron chi connectivity index (χ4n) is 1.54. The largest absolute Gasteiger partial charge is 0.459 e. The topological polar surface area (TPSA) is 82.9 Å². The van der Waals surface area contributed by atoms with Crippen LogP contribution in [-0.4, -0.2) is 70.1 Å². The van der Waals surface area contributed by atoms with Gasteiger partial charge >= 0.3 is 0 Å². The fraction of sp³-hybridized carbons (Fsp3) is 0.583. The normalized spacial score (nSPS) is 12.1. The summed E-state index contributed by atoms with van der Waals surface area (Å²) >= 11 is 0. The molecule has 0 atom stereocenters. The lowest BCUT2D eigenvalue weighted by Crippen LogP contribution is -2.41. The number of hydrogen-bond acceptors (Lipinski definition) is 5. The minimum absolute atomic E-state index is 0.212. The zero-order valence-corrected chi connectivity index (χ0v) is 12.8. The van der Waals surface area contributed by atoms with Crippen LogP contribution in [0.25, 0.3) is 0 Å². The molecule has 0 bridgehead atoms. The first kappa shape index (κ1) is 16.7. The van der Waals surface area contributed by atoms with E-state index in [1.165, 1.54) is 10.6 Å². The molecule has 0 aromatic carbocycles. The number of furan rings is 1. The maximum absolute atomic E-state index is 11.6. The van der Waals surface area contributed by atoms with Crippen LogP contribution in [0.1, 0.15) is 10.6 Å². The molecule has 1 rings (SSSR count). The third-order valence-electron chi connectivity index (χ3n) is 2.66. The van der Waals surface area contributed by atoms with Crippen LogP contribution < -0.4 is 5.32 Å². The molecule has 0 saturated carbocycles. The zero-order chi connectivity index (χ0) is 15.2. The van der Waals surface area contributed by atoms with Crippen molar-refractivity contribution in [1.29, 1.82) is 0 Å². The van der Waals surface area contributed by atoms with E-state index < -0.39 is 10.0 Å². The molecule has 0 aliphatic carbocycles. The quantitative estimate of drug-likeness (QED) is 0.721. The van der Waals surface area contributed by atoms with Crippen LogP contribution in [0.5, 0.6) is 0 Å². The second-order valence-corrected chi connectivity index (χ2v) is 6.68. The maximum atomic E-state index is 11.6. The molecule has 8 heteroatoms. The van der Waals surface area contributed by atoms with E-state index in [1.807, 2.05) is 19.0 Å². The molecule has 0 fully saturated rings. The van der Waals surface area contributed by atoms with Crippen molar-refractivity contribution in [2.45, 2.75) is 0 Å². The van der Waals surface area contributed by atoms with Crippen molar-refractivity contribution >= 4 is 15.9 Å². The summed E-state index contributed by atoms with van der Waals surface area (Å²) in [7, 11) is 0.468. The standard InChI is InChI=1S/C12H21N3O4S/c1-14(2)8-9-15(20(3,17)18)7-6-13-12(16)11-5-4-10-19-11/h4-5,10H,6-9H2,1-3H3,(H,13,16). The number of carbonyl (C=O) groups is 1. The van der Waals surface area contributed by atoms with Crippen LogP contribution in [0.2, 0.25) is 0 Å². The lowest BCUT2D eigenvalue weighted by Gasteiger charge is -2.21. The van der Waals surface area contributed by atoms with Crippen molar-refractivity contribution in [3.8, 4) is 0 Å². The summed E-state index contributed by atoms with van der Waals surface area (Å²) in [6.45, 7) is 1.49. The molecule has 0 spiro atoms. The number of carbonyl (C=O) groups excluding carboxylic acids is 1. The number of sulfonamides is 1. The zero-order valence-electron chi connectivity index (χ0n) is 12.0. The van der Waals surface area contributed by atoms with Crippen molar-refractivity contribution < 1.29 is 17.6 Å². The molecule has 0 aliphatic rings. The molecule has 1 aromatic rings. The molecular weight excluding hydrogens is 282 g/mol. The maximum Gasteiger partial charge on any atom is 0.287 e. The van der Waals surface area contributed by atoms with Crippen LogP contribution in [-0.2, 0) is 10.0 Å². The van der Waals surface area contributed by atoms with Gasteiger partial charge in [-0.2, -0.15) is 4.31 Å². The average Bonchev–Trinajstić information content (AvgIpc) is 2.84. The van der Waals surface area contributed by atoms with E-state index in [0.717, 1.165) is 6.26 Å². The first-order valence-corrected chi connectivity index (χ1v) is 8.07. The van der Waals surface area contributed by atoms with E-state index in [9.17, 15) is 13.2 Å². The van der Waals surface area contributed by atoms with Gasteiger partial charge in [0, 0.05) is 26.2 Å². The third-order valence-corrected chi connectivity index (χ3v) is 3.96. The molecule has 0 saturated heterocycles. The van der Waals surface area contributed by atoms with Gasteiger partial charge in [-0.1, -0.05) is 0 Å². The molecule has 114 valence electrons. The third kappa shape index (κ3) is 5.72. The van der Waals surface area contributed by atoms with Gasteiger partial charge in [-0.05, 0) is 26.2 Å². The Morgan fingerprint density at radius 3 is 2.50 bits per heavy atom. The molecule has 1 aromatic heterocycles. The monoisotopic (exact) mass is 303 g/mol. The highest BCUT2D eigenvalue weighted by atomic mass is 32.2. The Kier molecular flexibility index (Phi) is 6.18. The van der Waals surface area contributed by atoms with Crippen LogP contribution in [0, 0.1) is 0 Å². The first-order chi connectivity index (χ1) is 9.30. The van der Waals surface area contributed by atoms with Crippen LogP contribution in [0.15, 0.2) is 22.8 Å². The predicted molar refractivity (Wildman–Crippen MR) is 76.0 cm³/mol. The Labute approximate surface area is 119 Å². The summed E-state index contributed by atoms with van der Waals surface area (Å²) in [5.74, 6) is -0.139. The summed E-state index contributed by atoms with van der Waals surface area (Å²) in [5.41, 5.74) is 0. The SMILES string of the molecule is CN(C)CCN(CCNC(=O)c1ccco1)S(C)(=O)=O. The van der Waals surface area contributed by atoms with E-state index in [1.54, 1.807) is 12.1 Å². The van der Waals surface area contributed by atoms with Crippen molar-refractivity contribution in [1.82, 2.24) is 14.5 Å². The average molecular weight is 303 g/mol. The van der Waals surface area contributed by atoms with Gasteiger partial charge in [0.05, 0.1) is 12.5 Å². The van der Waals surface area contributed by atoms with Gasteiger partial charge in [-0.3, -0.25) is 4.79 Å². The fourth-order valence-corrected chi connectivity index (χ4v) is 2.38. The van der Waals surface area contributed by atoms with E-state index in [4.69, 9.17) is 4.42 Å². The van der Waals surface area contributed by atoms with Crippen molar-refractivity contribution in [2.24, 2.45) is 0 Å². The lowest BCUT2D eigenvalue weighted by atomic mass is 10.4. The van der Waals surface area contributed by atoms with Gasteiger partial charge in [-0.25, -0.2) is 8.42 Å². The second-order valence-electron chi connectivity index (χ2n) is 4.70. The Morgan fingerprint density at radius 1 is 1.30 bits per heavy atom. The molecule has 1 heterocycles. The number of hydrogen-bond donors (Lipinski definition) is 1. The summed E-state index contributed by atoms with van der Waals surface area (Å²) in [6, 6.07) is 3.17. The van der Waals surface area contributed by atoms with Gasteiger partial charge < -0.3 is 14.6 Å². The number of nitrogens with zero attached hydrogens (tertiary/aromatic N) is 2. The number of likely N-dealkylation sites (N-methyl/N-ethyl adjacent to an activating group) is 1. The lowest BCUT2D eigenvalue weighted by molar-refractivity contribution is 0.0923. The smallest absolute Gasteiger partial charge is 0.287 e. The van der Waals surface area contributed by atoms with Crippen molar-refractivity contribution in [3.63, 3.8) is 0 Å². The highest BCUT2D eigenvalue weighted by Gasteiger charge is 2.17. The van der Waals surface area contributed by atoms with E-state index in [0.29, 0.717) is 13.1 Å². The number of amides is 1. The van der Waals surface area contributed by atoms with Gasteiger partial charge in [-0.15, -0.1) is 0 Å². The molecule has 20 heavy (non-hydrogen) atoms. The van der Waals surface area contributed by atoms with Gasteiger partial charge in [0.2, 0.25) is 10.0 Å². The minimum atomic E-state index is -3.28. The van der Waals surface area contributed by atoms with Crippen LogP contribution >= 0.6 is 0 Å².